The van der Waals surface area contributed by atoms with Crippen LogP contribution in [0.4, 0.5) is 0 Å². The van der Waals surface area contributed by atoms with Crippen LogP contribution in [0, 0.1) is 5.41 Å². The first-order valence-corrected chi connectivity index (χ1v) is 7.22. The Kier molecular flexibility index (Phi) is 4.99. The number of nitrogens with zero attached hydrogens (tertiary/aromatic N) is 1. The summed E-state index contributed by atoms with van der Waals surface area (Å²) in [5.74, 6) is -0.915. The molecule has 1 saturated heterocycles. The molecule has 1 atom stereocenters. The summed E-state index contributed by atoms with van der Waals surface area (Å²) in [6.45, 7) is 1.50. The lowest BCUT2D eigenvalue weighted by Gasteiger charge is -2.38. The monoisotopic (exact) mass is 285 g/mol. The van der Waals surface area contributed by atoms with E-state index in [9.17, 15) is 9.59 Å². The van der Waals surface area contributed by atoms with Gasteiger partial charge >= 0.3 is 5.97 Å². The topological polar surface area (TPSA) is 76.1 Å². The van der Waals surface area contributed by atoms with Gasteiger partial charge in [0, 0.05) is 20.3 Å². The summed E-state index contributed by atoms with van der Waals surface area (Å²) in [6.07, 6.45) is 3.70. The molecule has 0 spiro atoms. The van der Waals surface area contributed by atoms with E-state index in [0.717, 1.165) is 32.1 Å². The quantitative estimate of drug-likeness (QED) is 0.812. The molecule has 0 bridgehead atoms. The van der Waals surface area contributed by atoms with Gasteiger partial charge in [-0.1, -0.05) is 12.8 Å². The van der Waals surface area contributed by atoms with Gasteiger partial charge < -0.3 is 19.5 Å². The minimum atomic E-state index is -1.00. The van der Waals surface area contributed by atoms with Crippen LogP contribution in [0.25, 0.3) is 0 Å². The SMILES string of the molecule is COCCC1(C(=O)N2CCO[C@H](C(=O)O)C2)CCCC1. The number of rotatable bonds is 5. The van der Waals surface area contributed by atoms with E-state index in [1.807, 2.05) is 0 Å². The Morgan fingerprint density at radius 1 is 1.40 bits per heavy atom. The zero-order valence-electron chi connectivity index (χ0n) is 12.0. The lowest BCUT2D eigenvalue weighted by atomic mass is 9.81. The van der Waals surface area contributed by atoms with Gasteiger partial charge in [0.25, 0.3) is 0 Å². The van der Waals surface area contributed by atoms with Gasteiger partial charge in [0.2, 0.25) is 5.91 Å². The highest BCUT2D eigenvalue weighted by molar-refractivity contribution is 5.84. The minimum absolute atomic E-state index is 0.0848. The standard InChI is InChI=1S/C14H23NO5/c1-19-8-6-14(4-2-3-5-14)13(18)15-7-9-20-11(10-15)12(16)17/h11H,2-10H2,1H3,(H,16,17)/t11-/m0/s1. The van der Waals surface area contributed by atoms with Crippen molar-refractivity contribution < 1.29 is 24.2 Å². The van der Waals surface area contributed by atoms with E-state index in [1.54, 1.807) is 12.0 Å². The van der Waals surface area contributed by atoms with Crippen molar-refractivity contribution in [1.29, 1.82) is 0 Å². The third-order valence-corrected chi connectivity index (χ3v) is 4.43. The summed E-state index contributed by atoms with van der Waals surface area (Å²) in [5, 5.41) is 9.03. The van der Waals surface area contributed by atoms with E-state index in [0.29, 0.717) is 19.8 Å². The molecular formula is C14H23NO5. The number of ether oxygens (including phenoxy) is 2. The normalized spacial score (nSPS) is 25.6. The van der Waals surface area contributed by atoms with Crippen LogP contribution in [0.15, 0.2) is 0 Å². The highest BCUT2D eigenvalue weighted by Crippen LogP contribution is 2.43. The van der Waals surface area contributed by atoms with Crippen LogP contribution in [0.3, 0.4) is 0 Å². The van der Waals surface area contributed by atoms with Gasteiger partial charge in [-0.25, -0.2) is 4.79 Å². The van der Waals surface area contributed by atoms with Crippen molar-refractivity contribution in [2.24, 2.45) is 5.41 Å². The predicted molar refractivity (Wildman–Crippen MR) is 71.3 cm³/mol. The Morgan fingerprint density at radius 2 is 2.10 bits per heavy atom. The predicted octanol–water partition coefficient (Wildman–Crippen LogP) is 0.895. The van der Waals surface area contributed by atoms with Gasteiger partial charge in [0.15, 0.2) is 6.10 Å². The maximum Gasteiger partial charge on any atom is 0.334 e. The fraction of sp³-hybridized carbons (Fsp3) is 0.857. The van der Waals surface area contributed by atoms with Crippen LogP contribution in [-0.4, -0.2) is 61.4 Å². The molecule has 2 fully saturated rings. The average Bonchev–Trinajstić information content (AvgIpc) is 2.94. The molecule has 0 radical (unpaired) electrons. The molecule has 2 rings (SSSR count). The van der Waals surface area contributed by atoms with Gasteiger partial charge in [-0.15, -0.1) is 0 Å². The van der Waals surface area contributed by atoms with Gasteiger partial charge in [0.05, 0.1) is 18.6 Å². The zero-order valence-corrected chi connectivity index (χ0v) is 12.0. The molecule has 0 aromatic rings. The maximum atomic E-state index is 12.8. The highest BCUT2D eigenvalue weighted by Gasteiger charge is 2.44. The fourth-order valence-corrected chi connectivity index (χ4v) is 3.24. The summed E-state index contributed by atoms with van der Waals surface area (Å²) in [6, 6.07) is 0. The molecule has 1 aliphatic carbocycles. The van der Waals surface area contributed by atoms with E-state index < -0.39 is 12.1 Å². The summed E-state index contributed by atoms with van der Waals surface area (Å²) in [4.78, 5) is 25.5. The molecule has 1 aliphatic heterocycles. The van der Waals surface area contributed by atoms with Crippen molar-refractivity contribution in [1.82, 2.24) is 4.90 Å². The Morgan fingerprint density at radius 3 is 2.70 bits per heavy atom. The first kappa shape index (κ1) is 15.3. The number of carboxylic acids is 1. The molecule has 1 heterocycles. The van der Waals surface area contributed by atoms with Gasteiger partial charge in [-0.3, -0.25) is 4.79 Å². The van der Waals surface area contributed by atoms with Gasteiger partial charge in [-0.05, 0) is 19.3 Å². The first-order chi connectivity index (χ1) is 9.59. The van der Waals surface area contributed by atoms with Crippen LogP contribution in [-0.2, 0) is 19.1 Å². The van der Waals surface area contributed by atoms with E-state index in [1.165, 1.54) is 0 Å². The van der Waals surface area contributed by atoms with E-state index in [-0.39, 0.29) is 17.9 Å². The average molecular weight is 285 g/mol. The van der Waals surface area contributed by atoms with Crippen molar-refractivity contribution in [2.45, 2.75) is 38.2 Å². The Labute approximate surface area is 119 Å². The maximum absolute atomic E-state index is 12.8. The molecule has 2 aliphatic rings. The third kappa shape index (κ3) is 3.12. The molecule has 1 saturated carbocycles. The molecular weight excluding hydrogens is 262 g/mol. The fourth-order valence-electron chi connectivity index (χ4n) is 3.24. The van der Waals surface area contributed by atoms with Crippen molar-refractivity contribution in [3.8, 4) is 0 Å². The lowest BCUT2D eigenvalue weighted by molar-refractivity contribution is -0.163. The van der Waals surface area contributed by atoms with Crippen LogP contribution in [0.5, 0.6) is 0 Å². The number of aliphatic carboxylic acids is 1. The third-order valence-electron chi connectivity index (χ3n) is 4.43. The molecule has 114 valence electrons. The number of amides is 1. The van der Waals surface area contributed by atoms with E-state index >= 15 is 0 Å². The molecule has 6 heteroatoms. The van der Waals surface area contributed by atoms with Gasteiger partial charge in [0.1, 0.15) is 0 Å². The van der Waals surface area contributed by atoms with Crippen molar-refractivity contribution in [3.63, 3.8) is 0 Å². The van der Waals surface area contributed by atoms with Crippen LogP contribution >= 0.6 is 0 Å². The Bertz CT molecular complexity index is 365. The summed E-state index contributed by atoms with van der Waals surface area (Å²) < 4.78 is 10.3. The molecule has 0 aromatic carbocycles. The zero-order chi connectivity index (χ0) is 14.6. The van der Waals surface area contributed by atoms with Crippen LogP contribution in [0.1, 0.15) is 32.1 Å². The summed E-state index contributed by atoms with van der Waals surface area (Å²) in [5.41, 5.74) is -0.351. The smallest absolute Gasteiger partial charge is 0.334 e. The molecule has 20 heavy (non-hydrogen) atoms. The van der Waals surface area contributed by atoms with Crippen molar-refractivity contribution in [2.75, 3.05) is 33.4 Å². The van der Waals surface area contributed by atoms with Crippen LogP contribution in [0.2, 0.25) is 0 Å². The first-order valence-electron chi connectivity index (χ1n) is 7.22. The lowest BCUT2D eigenvalue weighted by Crippen LogP contribution is -2.53. The molecule has 6 nitrogen and oxygen atoms in total. The summed E-state index contributed by atoms with van der Waals surface area (Å²) in [7, 11) is 1.64. The Balaban J connectivity index is 2.05. The number of carbonyl (C=O) groups excluding carboxylic acids is 1. The number of carbonyl (C=O) groups is 2. The number of hydrogen-bond donors (Lipinski definition) is 1. The second kappa shape index (κ2) is 6.54. The molecule has 1 amide bonds. The number of hydrogen-bond acceptors (Lipinski definition) is 4. The molecule has 0 unspecified atom stereocenters. The van der Waals surface area contributed by atoms with Gasteiger partial charge in [-0.2, -0.15) is 0 Å². The number of morpholine rings is 1. The number of carboxylic acid groups (broad SMARTS) is 1. The van der Waals surface area contributed by atoms with E-state index in [4.69, 9.17) is 14.6 Å². The number of methoxy groups -OCH3 is 1. The van der Waals surface area contributed by atoms with Crippen LogP contribution < -0.4 is 0 Å². The summed E-state index contributed by atoms with van der Waals surface area (Å²) >= 11 is 0. The van der Waals surface area contributed by atoms with E-state index in [2.05, 4.69) is 0 Å². The second-order valence-electron chi connectivity index (χ2n) is 5.68. The molecule has 1 N–H and O–H groups in total. The highest BCUT2D eigenvalue weighted by atomic mass is 16.5. The second-order valence-corrected chi connectivity index (χ2v) is 5.68. The van der Waals surface area contributed by atoms with Crippen molar-refractivity contribution in [3.05, 3.63) is 0 Å². The minimum Gasteiger partial charge on any atom is -0.479 e. The Hall–Kier alpha value is -1.14. The largest absolute Gasteiger partial charge is 0.479 e. The van der Waals surface area contributed by atoms with Crippen molar-refractivity contribution >= 4 is 11.9 Å². The molecule has 0 aromatic heterocycles.